The second-order valence-corrected chi connectivity index (χ2v) is 5.41. The van der Waals surface area contributed by atoms with Crippen molar-refractivity contribution < 1.29 is 18.1 Å². The third-order valence-corrected chi connectivity index (χ3v) is 3.48. The van der Waals surface area contributed by atoms with E-state index in [0.29, 0.717) is 0 Å². The molecule has 2 rings (SSSR count). The molecule has 0 radical (unpaired) electrons. The molecule has 0 aromatic carbocycles. The molecular weight excluding hydrogens is 264 g/mol. The Kier molecular flexibility index (Phi) is 3.12. The summed E-state index contributed by atoms with van der Waals surface area (Å²) >= 11 is 5.36. The Morgan fingerprint density at radius 1 is 1.00 bits per heavy atom. The molecule has 98 valence electrons. The molecule has 0 N–H and O–H groups in total. The summed E-state index contributed by atoms with van der Waals surface area (Å²) in [7, 11) is -1.19. The Hall–Kier alpha value is -0.785. The van der Waals surface area contributed by atoms with Gasteiger partial charge >= 0.3 is 7.12 Å². The van der Waals surface area contributed by atoms with Crippen molar-refractivity contribution in [1.82, 2.24) is 9.97 Å². The molecule has 1 aliphatic rings. The molecule has 0 atom stereocenters. The summed E-state index contributed by atoms with van der Waals surface area (Å²) in [6.07, 6.45) is 0. The van der Waals surface area contributed by atoms with Crippen molar-refractivity contribution in [3.05, 3.63) is 17.2 Å². The van der Waals surface area contributed by atoms with Crippen molar-refractivity contribution >= 4 is 24.2 Å². The van der Waals surface area contributed by atoms with Gasteiger partial charge in [0.15, 0.2) is 0 Å². The van der Waals surface area contributed by atoms with Crippen LogP contribution in [0.4, 0.5) is 8.78 Å². The molecule has 2 heterocycles. The molecule has 1 fully saturated rings. The van der Waals surface area contributed by atoms with E-state index >= 15 is 0 Å². The number of nitrogens with zero attached hydrogens (tertiary/aromatic N) is 2. The smallest absolute Gasteiger partial charge is 0.399 e. The van der Waals surface area contributed by atoms with Crippen molar-refractivity contribution in [2.75, 3.05) is 0 Å². The van der Waals surface area contributed by atoms with Crippen LogP contribution >= 0.6 is 11.6 Å². The fourth-order valence-electron chi connectivity index (χ4n) is 1.55. The number of hydrogen-bond donors (Lipinski definition) is 0. The first-order valence-electron chi connectivity index (χ1n) is 5.38. The van der Waals surface area contributed by atoms with E-state index in [4.69, 9.17) is 20.9 Å². The predicted molar refractivity (Wildman–Crippen MR) is 62.7 cm³/mol. The maximum atomic E-state index is 13.6. The summed E-state index contributed by atoms with van der Waals surface area (Å²) in [5.74, 6) is -2.16. The molecule has 1 aromatic heterocycles. The normalized spacial score (nSPS) is 21.4. The van der Waals surface area contributed by atoms with Gasteiger partial charge in [-0.2, -0.15) is 18.7 Å². The maximum Gasteiger partial charge on any atom is 0.504 e. The van der Waals surface area contributed by atoms with Crippen LogP contribution in [-0.4, -0.2) is 28.3 Å². The fraction of sp³-hybridized carbons (Fsp3) is 0.600. The minimum atomic E-state index is -1.19. The molecule has 0 amide bonds. The lowest BCUT2D eigenvalue weighted by atomic mass is 9.80. The Balaban J connectivity index is 2.42. The average Bonchev–Trinajstić information content (AvgIpc) is 2.32. The minimum Gasteiger partial charge on any atom is -0.399 e. The lowest BCUT2D eigenvalue weighted by Crippen LogP contribution is -2.41. The maximum absolute atomic E-state index is 13.6. The summed E-state index contributed by atoms with van der Waals surface area (Å²) in [6, 6.07) is 0. The molecule has 1 aromatic rings. The topological polar surface area (TPSA) is 44.2 Å². The zero-order chi connectivity index (χ0) is 13.7. The van der Waals surface area contributed by atoms with E-state index in [0.717, 1.165) is 0 Å². The van der Waals surface area contributed by atoms with Gasteiger partial charge in [0.25, 0.3) is 0 Å². The van der Waals surface area contributed by atoms with Crippen LogP contribution in [0.25, 0.3) is 0 Å². The van der Waals surface area contributed by atoms with Gasteiger partial charge in [0.2, 0.25) is 17.2 Å². The first-order chi connectivity index (χ1) is 8.14. The van der Waals surface area contributed by atoms with Crippen molar-refractivity contribution in [3.63, 3.8) is 0 Å². The lowest BCUT2D eigenvalue weighted by molar-refractivity contribution is 0.00578. The van der Waals surface area contributed by atoms with Crippen LogP contribution in [-0.2, 0) is 9.31 Å². The first kappa shape index (κ1) is 13.6. The Bertz CT molecular complexity index is 460. The number of hydrogen-bond acceptors (Lipinski definition) is 4. The van der Waals surface area contributed by atoms with E-state index in [-0.39, 0.29) is 0 Å². The average molecular weight is 276 g/mol. The van der Waals surface area contributed by atoms with Gasteiger partial charge in [0, 0.05) is 0 Å². The molecule has 18 heavy (non-hydrogen) atoms. The van der Waals surface area contributed by atoms with Gasteiger partial charge in [-0.3, -0.25) is 0 Å². The van der Waals surface area contributed by atoms with Crippen molar-refractivity contribution in [2.45, 2.75) is 38.9 Å². The molecule has 4 nitrogen and oxygen atoms in total. The summed E-state index contributed by atoms with van der Waals surface area (Å²) < 4.78 is 38.3. The van der Waals surface area contributed by atoms with Crippen LogP contribution in [0.15, 0.2) is 0 Å². The van der Waals surface area contributed by atoms with Crippen LogP contribution in [0.2, 0.25) is 5.28 Å². The molecule has 0 unspecified atom stereocenters. The van der Waals surface area contributed by atoms with E-state index < -0.39 is 41.0 Å². The quantitative estimate of drug-likeness (QED) is 0.445. The Morgan fingerprint density at radius 3 is 1.78 bits per heavy atom. The summed E-state index contributed by atoms with van der Waals surface area (Å²) in [4.78, 5) is 6.52. The minimum absolute atomic E-state index is 0.460. The molecule has 0 spiro atoms. The Labute approximate surface area is 109 Å². The monoisotopic (exact) mass is 276 g/mol. The highest BCUT2D eigenvalue weighted by Crippen LogP contribution is 2.36. The van der Waals surface area contributed by atoms with Crippen LogP contribution in [0.3, 0.4) is 0 Å². The molecule has 0 bridgehead atoms. The fourth-order valence-corrected chi connectivity index (χ4v) is 1.70. The summed E-state index contributed by atoms with van der Waals surface area (Å²) in [5.41, 5.74) is -1.86. The van der Waals surface area contributed by atoms with Crippen LogP contribution in [0.1, 0.15) is 27.7 Å². The van der Waals surface area contributed by atoms with Crippen molar-refractivity contribution in [2.24, 2.45) is 0 Å². The van der Waals surface area contributed by atoms with Crippen molar-refractivity contribution in [3.8, 4) is 0 Å². The van der Waals surface area contributed by atoms with Gasteiger partial charge in [-0.05, 0) is 39.3 Å². The van der Waals surface area contributed by atoms with Gasteiger partial charge in [-0.1, -0.05) is 0 Å². The molecule has 1 aliphatic heterocycles. The predicted octanol–water partition coefficient (Wildman–Crippen LogP) is 1.71. The lowest BCUT2D eigenvalue weighted by Gasteiger charge is -2.32. The standard InChI is InChI=1S/C10H12BClF2N2O2/c1-9(2)10(3,4)18-11(17-9)5-6(13)15-8(12)16-7(5)14/h1-4H3. The molecule has 0 aliphatic carbocycles. The molecular formula is C10H12BClF2N2O2. The van der Waals surface area contributed by atoms with Crippen molar-refractivity contribution in [1.29, 1.82) is 0 Å². The highest BCUT2D eigenvalue weighted by atomic mass is 35.5. The first-order valence-corrected chi connectivity index (χ1v) is 5.76. The summed E-state index contributed by atoms with van der Waals surface area (Å²) in [6.45, 7) is 7.11. The number of aromatic nitrogens is 2. The van der Waals surface area contributed by atoms with Crippen LogP contribution < -0.4 is 5.46 Å². The van der Waals surface area contributed by atoms with E-state index in [2.05, 4.69) is 9.97 Å². The second kappa shape index (κ2) is 4.11. The molecule has 0 saturated carbocycles. The Morgan fingerprint density at radius 2 is 1.39 bits per heavy atom. The molecule has 8 heteroatoms. The van der Waals surface area contributed by atoms with Gasteiger partial charge in [0.05, 0.1) is 16.7 Å². The van der Waals surface area contributed by atoms with E-state index in [9.17, 15) is 8.78 Å². The van der Waals surface area contributed by atoms with Gasteiger partial charge in [0.1, 0.15) is 0 Å². The zero-order valence-corrected chi connectivity index (χ0v) is 11.2. The highest BCUT2D eigenvalue weighted by molar-refractivity contribution is 6.62. The van der Waals surface area contributed by atoms with E-state index in [1.807, 2.05) is 0 Å². The number of halogens is 3. The molecule has 1 saturated heterocycles. The summed E-state index contributed by atoms with van der Waals surface area (Å²) in [5, 5.41) is -0.495. The zero-order valence-electron chi connectivity index (χ0n) is 10.4. The highest BCUT2D eigenvalue weighted by Gasteiger charge is 2.53. The largest absolute Gasteiger partial charge is 0.504 e. The van der Waals surface area contributed by atoms with E-state index in [1.54, 1.807) is 27.7 Å². The van der Waals surface area contributed by atoms with E-state index in [1.165, 1.54) is 0 Å². The van der Waals surface area contributed by atoms with Gasteiger partial charge in [-0.15, -0.1) is 0 Å². The van der Waals surface area contributed by atoms with Gasteiger partial charge in [-0.25, -0.2) is 0 Å². The van der Waals surface area contributed by atoms with Crippen LogP contribution in [0.5, 0.6) is 0 Å². The van der Waals surface area contributed by atoms with Gasteiger partial charge < -0.3 is 9.31 Å². The second-order valence-electron chi connectivity index (χ2n) is 5.08. The third-order valence-electron chi connectivity index (χ3n) is 3.31. The SMILES string of the molecule is CC1(C)OB(c2c(F)nc(Cl)nc2F)OC1(C)C. The third kappa shape index (κ3) is 2.11. The van der Waals surface area contributed by atoms with Crippen LogP contribution in [0, 0.1) is 11.9 Å². The number of rotatable bonds is 1.